The van der Waals surface area contributed by atoms with Crippen LogP contribution in [0, 0.1) is 0 Å². The Morgan fingerprint density at radius 1 is 1.04 bits per heavy atom. The van der Waals surface area contributed by atoms with E-state index >= 15 is 0 Å². The third-order valence-electron chi connectivity index (χ3n) is 4.02. The summed E-state index contributed by atoms with van der Waals surface area (Å²) in [4.78, 5) is 4.27. The minimum Gasteiger partial charge on any atom is -0.497 e. The normalized spacial score (nSPS) is 10.6. The molecule has 0 unspecified atom stereocenters. The van der Waals surface area contributed by atoms with Gasteiger partial charge in [-0.3, -0.25) is 4.99 Å². The second-order valence-electron chi connectivity index (χ2n) is 5.88. The Kier molecular flexibility index (Phi) is 11.2. The summed E-state index contributed by atoms with van der Waals surface area (Å²) in [5.74, 6) is 3.02. The first kappa shape index (κ1) is 23.9. The van der Waals surface area contributed by atoms with Crippen molar-refractivity contribution in [1.82, 2.24) is 5.32 Å². The molecule has 0 amide bonds. The molecule has 0 heterocycles. The number of methoxy groups -OCH3 is 2. The molecule has 0 aliphatic heterocycles. The van der Waals surface area contributed by atoms with Crippen LogP contribution in [0.25, 0.3) is 0 Å². The number of halogens is 1. The minimum atomic E-state index is 0. The topological polar surface area (TPSA) is 64.1 Å². The van der Waals surface area contributed by atoms with Crippen molar-refractivity contribution >= 4 is 35.6 Å². The molecule has 7 heteroatoms. The number of aliphatic imine (C=N–C) groups is 1. The molecular formula is C21H30IN3O3. The van der Waals surface area contributed by atoms with Gasteiger partial charge in [-0.15, -0.1) is 24.0 Å². The van der Waals surface area contributed by atoms with Crippen LogP contribution in [0.1, 0.15) is 18.9 Å². The molecule has 2 aromatic carbocycles. The van der Waals surface area contributed by atoms with Crippen molar-refractivity contribution in [3.8, 4) is 17.2 Å². The van der Waals surface area contributed by atoms with E-state index in [1.54, 1.807) is 21.3 Å². The molecule has 0 spiro atoms. The summed E-state index contributed by atoms with van der Waals surface area (Å²) in [5.41, 5.74) is 2.14. The monoisotopic (exact) mass is 499 g/mol. The molecule has 6 nitrogen and oxygen atoms in total. The average molecular weight is 499 g/mol. The van der Waals surface area contributed by atoms with Gasteiger partial charge in [-0.05, 0) is 49.6 Å². The Balaban J connectivity index is 0.00000392. The zero-order chi connectivity index (χ0) is 19.5. The summed E-state index contributed by atoms with van der Waals surface area (Å²) in [5, 5.41) is 6.60. The van der Waals surface area contributed by atoms with E-state index in [-0.39, 0.29) is 24.0 Å². The molecular weight excluding hydrogens is 469 g/mol. The van der Waals surface area contributed by atoms with E-state index in [9.17, 15) is 0 Å². The number of anilines is 1. The maximum absolute atomic E-state index is 5.54. The van der Waals surface area contributed by atoms with Crippen molar-refractivity contribution in [2.75, 3.05) is 39.7 Å². The van der Waals surface area contributed by atoms with Gasteiger partial charge in [-0.1, -0.05) is 12.1 Å². The van der Waals surface area contributed by atoms with E-state index in [2.05, 4.69) is 27.8 Å². The molecule has 28 heavy (non-hydrogen) atoms. The number of hydrogen-bond donors (Lipinski definition) is 2. The smallest absolute Gasteiger partial charge is 0.195 e. The van der Waals surface area contributed by atoms with Gasteiger partial charge < -0.3 is 24.8 Å². The van der Waals surface area contributed by atoms with Gasteiger partial charge in [-0.2, -0.15) is 0 Å². The Labute approximate surface area is 184 Å². The molecule has 0 fully saturated rings. The lowest BCUT2D eigenvalue weighted by molar-refractivity contribution is 0.311. The highest BCUT2D eigenvalue weighted by atomic mass is 127. The molecule has 0 saturated heterocycles. The third kappa shape index (κ3) is 7.46. The summed E-state index contributed by atoms with van der Waals surface area (Å²) >= 11 is 0. The number of guanidine groups is 1. The number of benzene rings is 2. The summed E-state index contributed by atoms with van der Waals surface area (Å²) in [6.45, 7) is 3.35. The summed E-state index contributed by atoms with van der Waals surface area (Å²) < 4.78 is 16.2. The quantitative estimate of drug-likeness (QED) is 0.233. The van der Waals surface area contributed by atoms with Crippen molar-refractivity contribution in [1.29, 1.82) is 0 Å². The number of ether oxygens (including phenoxy) is 3. The van der Waals surface area contributed by atoms with E-state index in [0.717, 1.165) is 36.6 Å². The molecule has 2 N–H and O–H groups in total. The minimum absolute atomic E-state index is 0. The lowest BCUT2D eigenvalue weighted by Crippen LogP contribution is -2.31. The highest BCUT2D eigenvalue weighted by Gasteiger charge is 2.07. The maximum atomic E-state index is 5.54. The first-order valence-corrected chi connectivity index (χ1v) is 9.11. The van der Waals surface area contributed by atoms with Gasteiger partial charge in [0, 0.05) is 25.3 Å². The fourth-order valence-electron chi connectivity index (χ4n) is 2.66. The molecule has 2 aromatic rings. The fraction of sp³-hybridized carbons (Fsp3) is 0.381. The predicted molar refractivity (Wildman–Crippen MR) is 126 cm³/mol. The molecule has 0 aliphatic carbocycles. The number of nitrogens with zero attached hydrogens (tertiary/aromatic N) is 1. The Morgan fingerprint density at radius 3 is 2.54 bits per heavy atom. The van der Waals surface area contributed by atoms with Crippen LogP contribution in [0.4, 0.5) is 5.69 Å². The maximum Gasteiger partial charge on any atom is 0.195 e. The van der Waals surface area contributed by atoms with Gasteiger partial charge in [0.15, 0.2) is 17.5 Å². The van der Waals surface area contributed by atoms with Crippen molar-refractivity contribution < 1.29 is 14.2 Å². The summed E-state index contributed by atoms with van der Waals surface area (Å²) in [6, 6.07) is 13.9. The SMILES string of the molecule is CCOc1ccc(NC(=NC)NCCCc2cccc(OC)c2)cc1OC.I. The van der Waals surface area contributed by atoms with Gasteiger partial charge in [0.1, 0.15) is 5.75 Å². The van der Waals surface area contributed by atoms with Crippen LogP contribution in [0.2, 0.25) is 0 Å². The Bertz CT molecular complexity index is 753. The van der Waals surface area contributed by atoms with Crippen molar-refractivity contribution in [2.24, 2.45) is 4.99 Å². The van der Waals surface area contributed by atoms with E-state index < -0.39 is 0 Å². The van der Waals surface area contributed by atoms with Crippen LogP contribution >= 0.6 is 24.0 Å². The highest BCUT2D eigenvalue weighted by molar-refractivity contribution is 14.0. The van der Waals surface area contributed by atoms with E-state index in [0.29, 0.717) is 18.3 Å². The van der Waals surface area contributed by atoms with E-state index in [1.807, 2.05) is 37.3 Å². The number of aryl methyl sites for hydroxylation is 1. The lowest BCUT2D eigenvalue weighted by Gasteiger charge is -2.14. The molecule has 0 aromatic heterocycles. The average Bonchev–Trinajstić information content (AvgIpc) is 2.71. The number of rotatable bonds is 9. The molecule has 154 valence electrons. The predicted octanol–water partition coefficient (Wildman–Crippen LogP) is 4.34. The largest absolute Gasteiger partial charge is 0.497 e. The highest BCUT2D eigenvalue weighted by Crippen LogP contribution is 2.30. The van der Waals surface area contributed by atoms with E-state index in [4.69, 9.17) is 14.2 Å². The second kappa shape index (κ2) is 13.1. The van der Waals surface area contributed by atoms with Crippen LogP contribution in [0.5, 0.6) is 17.2 Å². The molecule has 0 atom stereocenters. The van der Waals surface area contributed by atoms with Gasteiger partial charge in [0.25, 0.3) is 0 Å². The molecule has 0 aliphatic rings. The van der Waals surface area contributed by atoms with Crippen LogP contribution in [0.15, 0.2) is 47.5 Å². The Hall–Kier alpha value is -2.16. The van der Waals surface area contributed by atoms with Gasteiger partial charge in [0.05, 0.1) is 20.8 Å². The first-order valence-electron chi connectivity index (χ1n) is 9.11. The molecule has 0 radical (unpaired) electrons. The zero-order valence-electron chi connectivity index (χ0n) is 17.0. The van der Waals surface area contributed by atoms with Gasteiger partial charge >= 0.3 is 0 Å². The molecule has 0 bridgehead atoms. The van der Waals surface area contributed by atoms with Crippen LogP contribution in [0.3, 0.4) is 0 Å². The van der Waals surface area contributed by atoms with Crippen molar-refractivity contribution in [2.45, 2.75) is 19.8 Å². The summed E-state index contributed by atoms with van der Waals surface area (Å²) in [7, 11) is 5.07. The van der Waals surface area contributed by atoms with Crippen LogP contribution in [-0.4, -0.2) is 40.4 Å². The van der Waals surface area contributed by atoms with E-state index in [1.165, 1.54) is 5.56 Å². The lowest BCUT2D eigenvalue weighted by atomic mass is 10.1. The third-order valence-corrected chi connectivity index (χ3v) is 4.02. The zero-order valence-corrected chi connectivity index (χ0v) is 19.3. The standard InChI is InChI=1S/C21H29N3O3.HI/c1-5-27-19-12-11-17(15-20(19)26-4)24-21(22-2)23-13-7-9-16-8-6-10-18(14-16)25-3;/h6,8,10-12,14-15H,5,7,9,13H2,1-4H3,(H2,22,23,24);1H. The number of hydrogen-bond acceptors (Lipinski definition) is 4. The molecule has 0 saturated carbocycles. The summed E-state index contributed by atoms with van der Waals surface area (Å²) in [6.07, 6.45) is 1.96. The first-order chi connectivity index (χ1) is 13.2. The van der Waals surface area contributed by atoms with Crippen LogP contribution in [-0.2, 0) is 6.42 Å². The van der Waals surface area contributed by atoms with Gasteiger partial charge in [0.2, 0.25) is 0 Å². The van der Waals surface area contributed by atoms with Gasteiger partial charge in [-0.25, -0.2) is 0 Å². The van der Waals surface area contributed by atoms with Crippen molar-refractivity contribution in [3.05, 3.63) is 48.0 Å². The van der Waals surface area contributed by atoms with Crippen molar-refractivity contribution in [3.63, 3.8) is 0 Å². The molecule has 2 rings (SSSR count). The second-order valence-corrected chi connectivity index (χ2v) is 5.88. The van der Waals surface area contributed by atoms with Crippen LogP contribution < -0.4 is 24.8 Å². The number of nitrogens with one attached hydrogen (secondary N) is 2. The Morgan fingerprint density at radius 2 is 1.86 bits per heavy atom. The fourth-order valence-corrected chi connectivity index (χ4v) is 2.66.